The summed E-state index contributed by atoms with van der Waals surface area (Å²) in [5, 5.41) is 8.47. The van der Waals surface area contributed by atoms with Crippen LogP contribution in [0.15, 0.2) is 0 Å². The molecule has 0 aromatic heterocycles. The maximum atomic E-state index is 11.4. The number of carbonyl (C=O) groups is 1. The lowest BCUT2D eigenvalue weighted by Crippen LogP contribution is -2.39. The molecule has 0 radical (unpaired) electrons. The summed E-state index contributed by atoms with van der Waals surface area (Å²) in [6, 6.07) is 0.0897. The van der Waals surface area contributed by atoms with Gasteiger partial charge < -0.3 is 5.11 Å². The fourth-order valence-corrected chi connectivity index (χ4v) is 2.45. The number of carboxylic acids is 1. The fraction of sp³-hybridized carbons (Fsp3) is 0.889. The second-order valence-electron chi connectivity index (χ2n) is 4.28. The summed E-state index contributed by atoms with van der Waals surface area (Å²) in [6.07, 6.45) is 2.34. The van der Waals surface area contributed by atoms with E-state index in [0.717, 1.165) is 12.8 Å². The molecule has 1 atom stereocenters. The van der Waals surface area contributed by atoms with E-state index in [2.05, 4.69) is 9.44 Å². The molecule has 1 unspecified atom stereocenters. The maximum absolute atomic E-state index is 11.4. The predicted molar refractivity (Wildman–Crippen MR) is 59.1 cm³/mol. The van der Waals surface area contributed by atoms with Crippen LogP contribution >= 0.6 is 0 Å². The monoisotopic (exact) mass is 250 g/mol. The number of hydrogen-bond acceptors (Lipinski definition) is 3. The molecule has 94 valence electrons. The van der Waals surface area contributed by atoms with Crippen LogP contribution in [-0.4, -0.2) is 32.1 Å². The number of nitrogens with one attached hydrogen (secondary N) is 2. The zero-order valence-corrected chi connectivity index (χ0v) is 10.1. The molecule has 0 aromatic carbocycles. The number of rotatable bonds is 8. The second-order valence-corrected chi connectivity index (χ2v) is 5.81. The SMILES string of the molecule is CC(CCC(=O)O)CNS(=O)(=O)NC1CC1. The van der Waals surface area contributed by atoms with Crippen LogP contribution in [0, 0.1) is 5.92 Å². The zero-order valence-electron chi connectivity index (χ0n) is 9.27. The van der Waals surface area contributed by atoms with Crippen molar-refractivity contribution in [3.8, 4) is 0 Å². The summed E-state index contributed by atoms with van der Waals surface area (Å²) >= 11 is 0. The molecule has 3 N–H and O–H groups in total. The average Bonchev–Trinajstić information content (AvgIpc) is 2.94. The van der Waals surface area contributed by atoms with E-state index in [1.54, 1.807) is 0 Å². The molecule has 0 spiro atoms. The molecule has 0 amide bonds. The van der Waals surface area contributed by atoms with Crippen molar-refractivity contribution in [2.75, 3.05) is 6.54 Å². The van der Waals surface area contributed by atoms with E-state index in [4.69, 9.17) is 5.11 Å². The van der Waals surface area contributed by atoms with E-state index >= 15 is 0 Å². The molecule has 0 bridgehead atoms. The minimum atomic E-state index is -3.40. The van der Waals surface area contributed by atoms with Crippen LogP contribution in [0.5, 0.6) is 0 Å². The molecule has 1 fully saturated rings. The van der Waals surface area contributed by atoms with Crippen molar-refractivity contribution in [2.45, 2.75) is 38.6 Å². The van der Waals surface area contributed by atoms with Crippen molar-refractivity contribution in [2.24, 2.45) is 5.92 Å². The van der Waals surface area contributed by atoms with Gasteiger partial charge in [-0.3, -0.25) is 4.79 Å². The Morgan fingerprint density at radius 3 is 2.62 bits per heavy atom. The smallest absolute Gasteiger partial charge is 0.303 e. The summed E-state index contributed by atoms with van der Waals surface area (Å²) in [4.78, 5) is 10.3. The highest BCUT2D eigenvalue weighted by Crippen LogP contribution is 2.19. The van der Waals surface area contributed by atoms with Crippen molar-refractivity contribution in [1.29, 1.82) is 0 Å². The molecule has 0 aromatic rings. The average molecular weight is 250 g/mol. The van der Waals surface area contributed by atoms with Crippen LogP contribution in [0.2, 0.25) is 0 Å². The normalized spacial score (nSPS) is 18.3. The third-order valence-electron chi connectivity index (χ3n) is 2.37. The summed E-state index contributed by atoms with van der Waals surface area (Å²) < 4.78 is 27.7. The van der Waals surface area contributed by atoms with Gasteiger partial charge in [-0.1, -0.05) is 6.92 Å². The lowest BCUT2D eigenvalue weighted by molar-refractivity contribution is -0.137. The minimum absolute atomic E-state index is 0.0203. The van der Waals surface area contributed by atoms with Crippen molar-refractivity contribution in [3.63, 3.8) is 0 Å². The Bertz CT molecular complexity index is 337. The van der Waals surface area contributed by atoms with Crippen molar-refractivity contribution >= 4 is 16.2 Å². The Morgan fingerprint density at radius 1 is 1.50 bits per heavy atom. The van der Waals surface area contributed by atoms with Gasteiger partial charge in [-0.25, -0.2) is 4.72 Å². The number of aliphatic carboxylic acids is 1. The molecule has 0 aliphatic heterocycles. The maximum Gasteiger partial charge on any atom is 0.303 e. The largest absolute Gasteiger partial charge is 0.481 e. The highest BCUT2D eigenvalue weighted by atomic mass is 32.2. The summed E-state index contributed by atoms with van der Waals surface area (Å²) in [5.74, 6) is -0.835. The molecule has 0 heterocycles. The molecule has 0 saturated heterocycles. The van der Waals surface area contributed by atoms with Gasteiger partial charge >= 0.3 is 5.97 Å². The summed E-state index contributed by atoms with van der Waals surface area (Å²) in [7, 11) is -3.40. The molecule has 1 rings (SSSR count). The van der Waals surface area contributed by atoms with E-state index in [9.17, 15) is 13.2 Å². The van der Waals surface area contributed by atoms with Crippen LogP contribution in [0.4, 0.5) is 0 Å². The molecule has 16 heavy (non-hydrogen) atoms. The number of carboxylic acid groups (broad SMARTS) is 1. The lowest BCUT2D eigenvalue weighted by Gasteiger charge is -2.12. The topological polar surface area (TPSA) is 95.5 Å². The van der Waals surface area contributed by atoms with Crippen LogP contribution in [0.3, 0.4) is 0 Å². The molecule has 7 heteroatoms. The lowest BCUT2D eigenvalue weighted by atomic mass is 10.1. The van der Waals surface area contributed by atoms with E-state index < -0.39 is 16.2 Å². The van der Waals surface area contributed by atoms with Crippen LogP contribution in [-0.2, 0) is 15.0 Å². The molecular weight excluding hydrogens is 232 g/mol. The predicted octanol–water partition coefficient (Wildman–Crippen LogP) is 0.0737. The first-order valence-electron chi connectivity index (χ1n) is 5.38. The quantitative estimate of drug-likeness (QED) is 0.568. The number of hydrogen-bond donors (Lipinski definition) is 3. The van der Waals surface area contributed by atoms with Crippen LogP contribution in [0.1, 0.15) is 32.6 Å². The van der Waals surface area contributed by atoms with E-state index in [1.807, 2.05) is 6.92 Å². The Balaban J connectivity index is 2.18. The Kier molecular flexibility index (Phi) is 4.69. The molecule has 1 aliphatic rings. The molecular formula is C9H18N2O4S. The second kappa shape index (κ2) is 5.60. The standard InChI is InChI=1S/C9H18N2O4S/c1-7(2-5-9(12)13)6-10-16(14,15)11-8-3-4-8/h7-8,10-11H,2-6H2,1H3,(H,12,13). The van der Waals surface area contributed by atoms with E-state index in [1.165, 1.54) is 0 Å². The fourth-order valence-electron chi connectivity index (χ4n) is 1.19. The Morgan fingerprint density at radius 2 is 2.12 bits per heavy atom. The van der Waals surface area contributed by atoms with Gasteiger partial charge in [-0.05, 0) is 25.2 Å². The van der Waals surface area contributed by atoms with Crippen LogP contribution < -0.4 is 9.44 Å². The van der Waals surface area contributed by atoms with Crippen molar-refractivity contribution in [1.82, 2.24) is 9.44 Å². The third kappa shape index (κ3) is 6.04. The van der Waals surface area contributed by atoms with Gasteiger partial charge in [0.15, 0.2) is 0 Å². The molecule has 6 nitrogen and oxygen atoms in total. The highest BCUT2D eigenvalue weighted by molar-refractivity contribution is 7.87. The Hall–Kier alpha value is -0.660. The van der Waals surface area contributed by atoms with Gasteiger partial charge in [0.25, 0.3) is 10.2 Å². The van der Waals surface area contributed by atoms with Gasteiger partial charge in [-0.15, -0.1) is 0 Å². The van der Waals surface area contributed by atoms with Gasteiger partial charge in [0, 0.05) is 19.0 Å². The molecule has 1 aliphatic carbocycles. The highest BCUT2D eigenvalue weighted by Gasteiger charge is 2.26. The summed E-state index contributed by atoms with van der Waals surface area (Å²) in [6.45, 7) is 2.10. The first-order chi connectivity index (χ1) is 7.39. The minimum Gasteiger partial charge on any atom is -0.481 e. The van der Waals surface area contributed by atoms with Gasteiger partial charge in [0.1, 0.15) is 0 Å². The van der Waals surface area contributed by atoms with Gasteiger partial charge in [-0.2, -0.15) is 13.1 Å². The third-order valence-corrected chi connectivity index (χ3v) is 3.56. The first kappa shape index (κ1) is 13.4. The van der Waals surface area contributed by atoms with Gasteiger partial charge in [0.2, 0.25) is 0 Å². The van der Waals surface area contributed by atoms with E-state index in [-0.39, 0.29) is 24.9 Å². The van der Waals surface area contributed by atoms with Gasteiger partial charge in [0.05, 0.1) is 0 Å². The van der Waals surface area contributed by atoms with Crippen molar-refractivity contribution < 1.29 is 18.3 Å². The van der Waals surface area contributed by atoms with Crippen LogP contribution in [0.25, 0.3) is 0 Å². The zero-order chi connectivity index (χ0) is 12.2. The Labute approximate surface area is 95.6 Å². The first-order valence-corrected chi connectivity index (χ1v) is 6.86. The van der Waals surface area contributed by atoms with Crippen molar-refractivity contribution in [3.05, 3.63) is 0 Å². The molecule has 1 saturated carbocycles. The van der Waals surface area contributed by atoms with E-state index in [0.29, 0.717) is 6.42 Å². The summed E-state index contributed by atoms with van der Waals surface area (Å²) in [5.41, 5.74) is 0.